The number of morpholine rings is 1. The second-order valence-electron chi connectivity index (χ2n) is 7.86. The zero-order chi connectivity index (χ0) is 25.7. The molecular weight excluding hydrogens is 488 g/mol. The van der Waals surface area contributed by atoms with Gasteiger partial charge >= 0.3 is 12.1 Å². The normalized spacial score (nSPS) is 13.2. The summed E-state index contributed by atoms with van der Waals surface area (Å²) >= 11 is 5.84. The van der Waals surface area contributed by atoms with Gasteiger partial charge in [0.25, 0.3) is 11.5 Å². The van der Waals surface area contributed by atoms with Crippen LogP contribution in [0.1, 0.15) is 5.56 Å². The average molecular weight is 511 g/mol. The van der Waals surface area contributed by atoms with Crippen LogP contribution in [0.25, 0.3) is 0 Å². The number of aromatic nitrogens is 1. The highest BCUT2D eigenvalue weighted by Gasteiger charge is 2.22. The first-order valence-electron chi connectivity index (χ1n) is 10.9. The fourth-order valence-electron chi connectivity index (χ4n) is 3.61. The van der Waals surface area contributed by atoms with Crippen molar-refractivity contribution in [3.63, 3.8) is 0 Å². The number of rotatable bonds is 5. The first kappa shape index (κ1) is 24.8. The van der Waals surface area contributed by atoms with Gasteiger partial charge in [0, 0.05) is 34.8 Å². The summed E-state index contributed by atoms with van der Waals surface area (Å²) in [7, 11) is 0. The van der Waals surface area contributed by atoms with Crippen molar-refractivity contribution in [3.8, 4) is 0 Å². The maximum absolute atomic E-state index is 12.6. The van der Waals surface area contributed by atoms with E-state index in [9.17, 15) is 19.2 Å². The number of nitrogens with zero attached hydrogens (tertiary/aromatic N) is 1. The van der Waals surface area contributed by atoms with Gasteiger partial charge < -0.3 is 35.9 Å². The van der Waals surface area contributed by atoms with Crippen molar-refractivity contribution in [2.24, 2.45) is 0 Å². The van der Waals surface area contributed by atoms with E-state index in [-0.39, 0.29) is 23.9 Å². The predicted molar refractivity (Wildman–Crippen MR) is 138 cm³/mol. The quantitative estimate of drug-likeness (QED) is 0.352. The Kier molecular flexibility index (Phi) is 7.52. The lowest BCUT2D eigenvalue weighted by Gasteiger charge is -2.28. The smallest absolute Gasteiger partial charge is 0.323 e. The van der Waals surface area contributed by atoms with Gasteiger partial charge in [0.15, 0.2) is 0 Å². The minimum absolute atomic E-state index is 0.0339. The third kappa shape index (κ3) is 6.01. The number of ether oxygens (including phenoxy) is 1. The highest BCUT2D eigenvalue weighted by molar-refractivity contribution is 6.30. The maximum Gasteiger partial charge on any atom is 0.323 e. The molecule has 5 N–H and O–H groups in total. The largest absolute Gasteiger partial charge is 0.370 e. The van der Waals surface area contributed by atoms with Crippen molar-refractivity contribution >= 4 is 58.0 Å². The Hall–Kier alpha value is -4.35. The lowest BCUT2D eigenvalue weighted by Crippen LogP contribution is -2.42. The summed E-state index contributed by atoms with van der Waals surface area (Å²) in [5, 5.41) is 10.8. The molecule has 2 heterocycles. The van der Waals surface area contributed by atoms with Crippen molar-refractivity contribution in [1.29, 1.82) is 0 Å². The molecule has 1 aliphatic heterocycles. The Morgan fingerprint density at radius 1 is 0.944 bits per heavy atom. The van der Waals surface area contributed by atoms with E-state index in [4.69, 9.17) is 16.3 Å². The third-order valence-corrected chi connectivity index (χ3v) is 5.53. The van der Waals surface area contributed by atoms with Gasteiger partial charge in [0.2, 0.25) is 0 Å². The highest BCUT2D eigenvalue weighted by atomic mass is 35.5. The zero-order valence-corrected chi connectivity index (χ0v) is 19.9. The summed E-state index contributed by atoms with van der Waals surface area (Å²) in [4.78, 5) is 53.6. The van der Waals surface area contributed by atoms with Gasteiger partial charge in [-0.2, -0.15) is 0 Å². The van der Waals surface area contributed by atoms with E-state index in [1.807, 2.05) is 6.92 Å². The molecule has 3 aromatic rings. The van der Waals surface area contributed by atoms with Gasteiger partial charge in [-0.15, -0.1) is 0 Å². The first-order valence-corrected chi connectivity index (χ1v) is 11.3. The number of H-pyrrole nitrogens is 1. The number of anilines is 5. The number of urea groups is 2. The highest BCUT2D eigenvalue weighted by Crippen LogP contribution is 2.25. The number of amides is 5. The maximum atomic E-state index is 12.6. The number of nitrogens with one attached hydrogen (secondary N) is 5. The molecule has 1 fully saturated rings. The SMILES string of the molecule is Cc1cc(NC(=O)Nc2cc[nH]c(=O)c2NC(=O)Nc2ccc(Cl)cc2)ccc1N1CCOCC1=O. The van der Waals surface area contributed by atoms with E-state index in [1.54, 1.807) is 47.4 Å². The number of benzene rings is 2. The van der Waals surface area contributed by atoms with Crippen LogP contribution in [0, 0.1) is 6.92 Å². The van der Waals surface area contributed by atoms with Gasteiger partial charge in [-0.3, -0.25) is 9.59 Å². The monoisotopic (exact) mass is 510 g/mol. The molecule has 0 aliphatic carbocycles. The molecule has 0 spiro atoms. The summed E-state index contributed by atoms with van der Waals surface area (Å²) in [6.45, 7) is 2.78. The predicted octanol–water partition coefficient (Wildman–Crippen LogP) is 3.99. The number of aryl methyl sites for hydroxylation is 1. The zero-order valence-electron chi connectivity index (χ0n) is 19.2. The summed E-state index contributed by atoms with van der Waals surface area (Å²) in [5.41, 5.74) is 1.83. The Bertz CT molecular complexity index is 1360. The van der Waals surface area contributed by atoms with Gasteiger partial charge in [0.1, 0.15) is 12.3 Å². The lowest BCUT2D eigenvalue weighted by molar-refractivity contribution is -0.125. The number of carbonyl (C=O) groups is 3. The molecule has 0 bridgehead atoms. The molecule has 0 unspecified atom stereocenters. The molecule has 1 aliphatic rings. The molecule has 11 nitrogen and oxygen atoms in total. The second kappa shape index (κ2) is 10.9. The molecule has 5 amide bonds. The first-order chi connectivity index (χ1) is 17.3. The van der Waals surface area contributed by atoms with Crippen LogP contribution in [0.15, 0.2) is 59.5 Å². The van der Waals surface area contributed by atoms with Crippen LogP contribution >= 0.6 is 11.6 Å². The van der Waals surface area contributed by atoms with Crippen LogP contribution < -0.4 is 31.7 Å². The van der Waals surface area contributed by atoms with E-state index in [2.05, 4.69) is 26.3 Å². The number of hydrogen-bond acceptors (Lipinski definition) is 5. The molecule has 12 heteroatoms. The molecule has 1 aromatic heterocycles. The topological polar surface area (TPSA) is 145 Å². The molecule has 0 saturated carbocycles. The molecule has 36 heavy (non-hydrogen) atoms. The molecule has 1 saturated heterocycles. The van der Waals surface area contributed by atoms with Crippen LogP contribution in [0.3, 0.4) is 0 Å². The van der Waals surface area contributed by atoms with Gasteiger partial charge in [0.05, 0.1) is 12.3 Å². The van der Waals surface area contributed by atoms with E-state index < -0.39 is 17.6 Å². The van der Waals surface area contributed by atoms with E-state index in [1.165, 1.54) is 12.3 Å². The number of aromatic amines is 1. The Labute approximate surface area is 210 Å². The molecule has 4 rings (SSSR count). The van der Waals surface area contributed by atoms with Crippen molar-refractivity contribution in [2.45, 2.75) is 6.92 Å². The van der Waals surface area contributed by atoms with Crippen molar-refractivity contribution < 1.29 is 19.1 Å². The standard InChI is InChI=1S/C24H23ClN6O5/c1-14-12-17(6-7-19(14)31-10-11-36-13-20(31)32)28-23(34)29-18-8-9-26-22(33)21(18)30-24(35)27-16-4-2-15(25)3-5-16/h2-9,12H,10-11,13H2,1H3,(H2,27,30,35)(H3,26,28,29,33,34). The van der Waals surface area contributed by atoms with Gasteiger partial charge in [-0.25, -0.2) is 9.59 Å². The number of hydrogen-bond donors (Lipinski definition) is 5. The summed E-state index contributed by atoms with van der Waals surface area (Å²) in [6.07, 6.45) is 1.35. The molecule has 0 radical (unpaired) electrons. The Balaban J connectivity index is 1.43. The van der Waals surface area contributed by atoms with Crippen LogP contribution in [-0.2, 0) is 9.53 Å². The number of carbonyl (C=O) groups excluding carboxylic acids is 3. The van der Waals surface area contributed by atoms with E-state index in [0.717, 1.165) is 11.3 Å². The van der Waals surface area contributed by atoms with Gasteiger partial charge in [-0.1, -0.05) is 11.6 Å². The Morgan fingerprint density at radius 2 is 1.64 bits per heavy atom. The summed E-state index contributed by atoms with van der Waals surface area (Å²) < 4.78 is 5.17. The summed E-state index contributed by atoms with van der Waals surface area (Å²) in [6, 6.07) is 11.7. The number of pyridine rings is 1. The molecule has 186 valence electrons. The van der Waals surface area contributed by atoms with E-state index >= 15 is 0 Å². The summed E-state index contributed by atoms with van der Waals surface area (Å²) in [5.74, 6) is -0.128. The van der Waals surface area contributed by atoms with E-state index in [0.29, 0.717) is 29.5 Å². The Morgan fingerprint density at radius 3 is 2.36 bits per heavy atom. The lowest BCUT2D eigenvalue weighted by atomic mass is 10.1. The second-order valence-corrected chi connectivity index (χ2v) is 8.30. The molecular formula is C24H23ClN6O5. The number of halogens is 1. The average Bonchev–Trinajstić information content (AvgIpc) is 2.83. The third-order valence-electron chi connectivity index (χ3n) is 5.28. The van der Waals surface area contributed by atoms with Gasteiger partial charge in [-0.05, 0) is 61.0 Å². The minimum atomic E-state index is -0.679. The fourth-order valence-corrected chi connectivity index (χ4v) is 3.74. The minimum Gasteiger partial charge on any atom is -0.370 e. The molecule has 2 aromatic carbocycles. The van der Waals surface area contributed by atoms with Crippen LogP contribution in [0.5, 0.6) is 0 Å². The van der Waals surface area contributed by atoms with Crippen molar-refractivity contribution in [3.05, 3.63) is 75.7 Å². The fraction of sp³-hybridized carbons (Fsp3) is 0.167. The van der Waals surface area contributed by atoms with Crippen LogP contribution in [-0.4, -0.2) is 42.7 Å². The van der Waals surface area contributed by atoms with Crippen molar-refractivity contribution in [2.75, 3.05) is 45.9 Å². The van der Waals surface area contributed by atoms with Crippen LogP contribution in [0.4, 0.5) is 38.0 Å². The van der Waals surface area contributed by atoms with Crippen molar-refractivity contribution in [1.82, 2.24) is 4.98 Å². The van der Waals surface area contributed by atoms with Crippen LogP contribution in [0.2, 0.25) is 5.02 Å². The molecule has 0 atom stereocenters.